The number of alkyl halides is 6. The fourth-order valence-electron chi connectivity index (χ4n) is 5.07. The van der Waals surface area contributed by atoms with E-state index in [2.05, 4.69) is 15.4 Å². The molecule has 0 unspecified atom stereocenters. The number of carbonyl (C=O) groups excluding carboxylic acids is 1. The van der Waals surface area contributed by atoms with Gasteiger partial charge in [-0.1, -0.05) is 0 Å². The van der Waals surface area contributed by atoms with Crippen LogP contribution < -0.4 is 15.8 Å². The van der Waals surface area contributed by atoms with Crippen molar-refractivity contribution in [2.45, 2.75) is 63.1 Å². The van der Waals surface area contributed by atoms with Gasteiger partial charge >= 0.3 is 12.4 Å². The van der Waals surface area contributed by atoms with Crippen LogP contribution in [0, 0.1) is 0 Å². The number of ether oxygens (including phenoxy) is 1. The molecule has 2 aromatic heterocycles. The molecule has 0 saturated carbocycles. The summed E-state index contributed by atoms with van der Waals surface area (Å²) in [6.07, 6.45) is -6.94. The number of rotatable bonds is 7. The van der Waals surface area contributed by atoms with E-state index < -0.39 is 58.4 Å². The Bertz CT molecular complexity index is 1340. The minimum atomic E-state index is -4.93. The lowest BCUT2D eigenvalue weighted by atomic mass is 9.94. The van der Waals surface area contributed by atoms with Gasteiger partial charge in [0.05, 0.1) is 36.2 Å². The largest absolute Gasteiger partial charge is 0.423 e. The molecule has 0 bridgehead atoms. The Morgan fingerprint density at radius 2 is 1.83 bits per heavy atom. The predicted octanol–water partition coefficient (Wildman–Crippen LogP) is 2.82. The van der Waals surface area contributed by atoms with Gasteiger partial charge in [-0.3, -0.25) is 9.59 Å². The summed E-state index contributed by atoms with van der Waals surface area (Å²) >= 11 is 0. The van der Waals surface area contributed by atoms with Gasteiger partial charge in [0.25, 0.3) is 11.5 Å². The maximum absolute atomic E-state index is 13.4. The summed E-state index contributed by atoms with van der Waals surface area (Å²) < 4.78 is 84.8. The molecule has 10 nitrogen and oxygen atoms in total. The standard InChI is InChI=1S/C25H30F6N6O4/c1-22(2,34-17-10-33-35-20(38)18(17)25(29,30)31)12-41-13-23(3,40)21(39)36-6-7-37-16(11-36)5-4-14-8-15(24(26,27)28)9-32-19(14)37/h8-10,16,40H,4-7,11-13H2,1-3H3,(H2,34,35,38)/t16-,23+/m1/s1. The molecule has 0 aliphatic carbocycles. The second kappa shape index (κ2) is 10.8. The first-order valence-corrected chi connectivity index (χ1v) is 12.7. The molecule has 0 spiro atoms. The van der Waals surface area contributed by atoms with Crippen molar-refractivity contribution in [3.8, 4) is 0 Å². The molecule has 2 aromatic rings. The van der Waals surface area contributed by atoms with Crippen LogP contribution in [0.5, 0.6) is 0 Å². The van der Waals surface area contributed by atoms with E-state index in [-0.39, 0.29) is 25.7 Å². The number of amides is 1. The Kier molecular flexibility index (Phi) is 8.03. The van der Waals surface area contributed by atoms with Crippen LogP contribution in [0.4, 0.5) is 37.8 Å². The van der Waals surface area contributed by atoms with Gasteiger partial charge in [-0.25, -0.2) is 10.1 Å². The summed E-state index contributed by atoms with van der Waals surface area (Å²) in [5.41, 5.74) is -6.84. The molecule has 2 aliphatic heterocycles. The van der Waals surface area contributed by atoms with Gasteiger partial charge in [0, 0.05) is 31.9 Å². The zero-order valence-electron chi connectivity index (χ0n) is 22.5. The van der Waals surface area contributed by atoms with Gasteiger partial charge in [-0.15, -0.1) is 0 Å². The number of aliphatic hydroxyl groups is 1. The third-order valence-corrected chi connectivity index (χ3v) is 6.98. The van der Waals surface area contributed by atoms with Crippen molar-refractivity contribution in [3.05, 3.63) is 45.5 Å². The third kappa shape index (κ3) is 6.74. The highest BCUT2D eigenvalue weighted by molar-refractivity contribution is 5.85. The molecule has 1 saturated heterocycles. The maximum Gasteiger partial charge on any atom is 0.423 e. The van der Waals surface area contributed by atoms with Crippen LogP contribution in [0.1, 0.15) is 43.9 Å². The number of halogens is 6. The molecular weight excluding hydrogens is 562 g/mol. The highest BCUT2D eigenvalue weighted by Gasteiger charge is 2.42. The minimum Gasteiger partial charge on any atom is -0.378 e. The average molecular weight is 593 g/mol. The zero-order chi connectivity index (χ0) is 30.4. The minimum absolute atomic E-state index is 0.191. The highest BCUT2D eigenvalue weighted by atomic mass is 19.4. The Morgan fingerprint density at radius 3 is 2.49 bits per heavy atom. The zero-order valence-corrected chi connectivity index (χ0v) is 22.5. The number of carbonyl (C=O) groups is 1. The molecule has 3 N–H and O–H groups in total. The molecular formula is C25H30F6N6O4. The van der Waals surface area contributed by atoms with Crippen LogP contribution in [-0.2, 0) is 28.3 Å². The molecule has 41 heavy (non-hydrogen) atoms. The fourth-order valence-corrected chi connectivity index (χ4v) is 5.07. The number of H-pyrrole nitrogens is 1. The Morgan fingerprint density at radius 1 is 1.12 bits per heavy atom. The number of aromatic nitrogens is 3. The molecule has 16 heteroatoms. The van der Waals surface area contributed by atoms with Gasteiger partial charge < -0.3 is 25.0 Å². The van der Waals surface area contributed by atoms with E-state index in [1.54, 1.807) is 5.10 Å². The summed E-state index contributed by atoms with van der Waals surface area (Å²) in [6, 6.07) is 0.903. The van der Waals surface area contributed by atoms with Crippen LogP contribution in [0.25, 0.3) is 0 Å². The fraction of sp³-hybridized carbons (Fsp3) is 0.600. The van der Waals surface area contributed by atoms with Crippen LogP contribution >= 0.6 is 0 Å². The number of piperazine rings is 1. The summed E-state index contributed by atoms with van der Waals surface area (Å²) in [4.78, 5) is 32.3. The number of aryl methyl sites for hydroxylation is 1. The Labute approximate surface area is 230 Å². The molecule has 0 aromatic carbocycles. The number of hydrogen-bond donors (Lipinski definition) is 3. The van der Waals surface area contributed by atoms with Gasteiger partial charge in [0.1, 0.15) is 11.4 Å². The number of pyridine rings is 1. The molecule has 4 heterocycles. The van der Waals surface area contributed by atoms with E-state index in [1.807, 2.05) is 4.90 Å². The summed E-state index contributed by atoms with van der Waals surface area (Å²) in [6.45, 7) is 4.30. The lowest BCUT2D eigenvalue weighted by Crippen LogP contribution is -2.61. The van der Waals surface area contributed by atoms with Crippen LogP contribution in [-0.4, -0.2) is 81.1 Å². The van der Waals surface area contributed by atoms with Crippen molar-refractivity contribution in [2.75, 3.05) is 43.1 Å². The number of nitrogens with zero attached hydrogens (tertiary/aromatic N) is 4. The van der Waals surface area contributed by atoms with Gasteiger partial charge in [0.2, 0.25) is 0 Å². The average Bonchev–Trinajstić information content (AvgIpc) is 2.85. The van der Waals surface area contributed by atoms with Gasteiger partial charge in [0.15, 0.2) is 5.60 Å². The van der Waals surface area contributed by atoms with Crippen molar-refractivity contribution in [1.29, 1.82) is 0 Å². The van der Waals surface area contributed by atoms with Crippen molar-refractivity contribution in [3.63, 3.8) is 0 Å². The lowest BCUT2D eigenvalue weighted by molar-refractivity contribution is -0.157. The SMILES string of the molecule is CC(C)(COC[C@](C)(O)C(=O)N1CCN2c3ncc(C(F)(F)F)cc3CC[C@@H]2C1)Nc1cn[nH]c(=O)c1C(F)(F)F. The topological polar surface area (TPSA) is 124 Å². The normalized spacial score (nSPS) is 19.3. The first-order valence-electron chi connectivity index (χ1n) is 12.7. The quantitative estimate of drug-likeness (QED) is 0.420. The van der Waals surface area contributed by atoms with Crippen LogP contribution in [0.15, 0.2) is 23.3 Å². The first-order chi connectivity index (χ1) is 18.9. The number of anilines is 2. The van der Waals surface area contributed by atoms with E-state index in [0.29, 0.717) is 30.8 Å². The molecule has 1 fully saturated rings. The lowest BCUT2D eigenvalue weighted by Gasteiger charge is -2.46. The summed E-state index contributed by atoms with van der Waals surface area (Å²) in [5, 5.41) is 18.6. The number of nitrogens with one attached hydrogen (secondary N) is 2. The van der Waals surface area contributed by atoms with Crippen molar-refractivity contribution in [2.24, 2.45) is 0 Å². The van der Waals surface area contributed by atoms with Crippen LogP contribution in [0.2, 0.25) is 0 Å². The van der Waals surface area contributed by atoms with E-state index in [4.69, 9.17) is 4.74 Å². The first kappa shape index (κ1) is 30.6. The molecule has 226 valence electrons. The van der Waals surface area contributed by atoms with Gasteiger partial charge in [-0.05, 0) is 45.2 Å². The van der Waals surface area contributed by atoms with E-state index in [1.165, 1.54) is 25.7 Å². The predicted molar refractivity (Wildman–Crippen MR) is 134 cm³/mol. The van der Waals surface area contributed by atoms with Crippen LogP contribution in [0.3, 0.4) is 0 Å². The van der Waals surface area contributed by atoms with Crippen molar-refractivity contribution < 1.29 is 41.0 Å². The number of hydrogen-bond acceptors (Lipinski definition) is 8. The molecule has 4 rings (SSSR count). The second-order valence-corrected chi connectivity index (χ2v) is 11.1. The Hall–Kier alpha value is -3.40. The van der Waals surface area contributed by atoms with Crippen molar-refractivity contribution in [1.82, 2.24) is 20.1 Å². The van der Waals surface area contributed by atoms with Crippen molar-refractivity contribution >= 4 is 17.4 Å². The molecule has 2 aliphatic rings. The number of aromatic amines is 1. The monoisotopic (exact) mass is 592 g/mol. The summed E-state index contributed by atoms with van der Waals surface area (Å²) in [5.74, 6) is -0.164. The van der Waals surface area contributed by atoms with E-state index >= 15 is 0 Å². The molecule has 0 radical (unpaired) electrons. The third-order valence-electron chi connectivity index (χ3n) is 6.98. The van der Waals surface area contributed by atoms with E-state index in [9.17, 15) is 41.0 Å². The smallest absolute Gasteiger partial charge is 0.378 e. The van der Waals surface area contributed by atoms with Gasteiger partial charge in [-0.2, -0.15) is 31.4 Å². The Balaban J connectivity index is 1.35. The second-order valence-electron chi connectivity index (χ2n) is 11.1. The maximum atomic E-state index is 13.4. The summed E-state index contributed by atoms with van der Waals surface area (Å²) in [7, 11) is 0. The molecule has 2 atom stereocenters. The number of fused-ring (bicyclic) bond motifs is 3. The highest BCUT2D eigenvalue weighted by Crippen LogP contribution is 2.36. The van der Waals surface area contributed by atoms with E-state index in [0.717, 1.165) is 18.5 Å². The molecule has 1 amide bonds.